The van der Waals surface area contributed by atoms with Gasteiger partial charge in [0.2, 0.25) is 5.91 Å². The number of carbonyl (C=O) groups excluding carboxylic acids is 1. The summed E-state index contributed by atoms with van der Waals surface area (Å²) in [5.41, 5.74) is 4.77. The monoisotopic (exact) mass is 232 g/mol. The fourth-order valence-electron chi connectivity index (χ4n) is 2.62. The van der Waals surface area contributed by atoms with E-state index in [1.54, 1.807) is 0 Å². The lowest BCUT2D eigenvalue weighted by atomic mass is 9.93. The van der Waals surface area contributed by atoms with Crippen molar-refractivity contribution < 1.29 is 4.79 Å². The predicted octanol–water partition coefficient (Wildman–Crippen LogP) is 1.76. The average Bonchev–Trinajstić information content (AvgIpc) is 2.43. The van der Waals surface area contributed by atoms with Crippen LogP contribution in [0.2, 0.25) is 0 Å². The van der Waals surface area contributed by atoms with Crippen LogP contribution >= 0.6 is 0 Å². The summed E-state index contributed by atoms with van der Waals surface area (Å²) in [6, 6.07) is 4.09. The molecule has 1 amide bonds. The van der Waals surface area contributed by atoms with Crippen LogP contribution in [-0.2, 0) is 4.79 Å². The van der Waals surface area contributed by atoms with Crippen molar-refractivity contribution in [2.75, 3.05) is 13.1 Å². The lowest BCUT2D eigenvalue weighted by molar-refractivity contribution is -0.122. The van der Waals surface area contributed by atoms with E-state index in [9.17, 15) is 4.79 Å². The van der Waals surface area contributed by atoms with Crippen LogP contribution < -0.4 is 10.6 Å². The molecule has 2 N–H and O–H groups in total. The number of amides is 1. The molecule has 92 valence electrons. The van der Waals surface area contributed by atoms with Crippen molar-refractivity contribution in [3.63, 3.8) is 0 Å². The minimum absolute atomic E-state index is 0.0950. The Morgan fingerprint density at radius 3 is 2.41 bits per heavy atom. The molecule has 0 saturated carbocycles. The third-order valence-electron chi connectivity index (χ3n) is 3.29. The Hall–Kier alpha value is -1.35. The second-order valence-corrected chi connectivity index (χ2v) is 4.84. The molecule has 1 aromatic carbocycles. The lowest BCUT2D eigenvalue weighted by Gasteiger charge is -2.20. The standard InChI is InChI=1S/C14H20N2O/c1-9-7-10(2)12(11(3)8-9)13-14(17)16-6-4-5-15-13/h7-8,13,15H,4-6H2,1-3H3,(H,16,17). The largest absolute Gasteiger partial charge is 0.354 e. The molecule has 1 aliphatic heterocycles. The highest BCUT2D eigenvalue weighted by Gasteiger charge is 2.24. The molecule has 3 nitrogen and oxygen atoms in total. The SMILES string of the molecule is Cc1cc(C)c(C2NCCCNC2=O)c(C)c1. The second-order valence-electron chi connectivity index (χ2n) is 4.84. The van der Waals surface area contributed by atoms with Gasteiger partial charge in [-0.1, -0.05) is 17.7 Å². The Morgan fingerprint density at radius 1 is 1.12 bits per heavy atom. The molecule has 17 heavy (non-hydrogen) atoms. The fraction of sp³-hybridized carbons (Fsp3) is 0.500. The van der Waals surface area contributed by atoms with E-state index in [2.05, 4.69) is 43.5 Å². The van der Waals surface area contributed by atoms with Gasteiger partial charge >= 0.3 is 0 Å². The lowest BCUT2D eigenvalue weighted by Crippen LogP contribution is -2.34. The van der Waals surface area contributed by atoms with Crippen LogP contribution in [0.15, 0.2) is 12.1 Å². The first-order valence-electron chi connectivity index (χ1n) is 6.18. The predicted molar refractivity (Wildman–Crippen MR) is 69.0 cm³/mol. The van der Waals surface area contributed by atoms with Crippen LogP contribution in [0.5, 0.6) is 0 Å². The number of aryl methyl sites for hydroxylation is 3. The molecule has 0 aliphatic carbocycles. The highest BCUT2D eigenvalue weighted by Crippen LogP contribution is 2.24. The van der Waals surface area contributed by atoms with Crippen molar-refractivity contribution in [2.24, 2.45) is 0 Å². The number of hydrogen-bond acceptors (Lipinski definition) is 2. The summed E-state index contributed by atoms with van der Waals surface area (Å²) < 4.78 is 0. The second kappa shape index (κ2) is 4.88. The minimum Gasteiger partial charge on any atom is -0.354 e. The molecule has 1 unspecified atom stereocenters. The zero-order chi connectivity index (χ0) is 12.4. The Kier molecular flexibility index (Phi) is 3.48. The highest BCUT2D eigenvalue weighted by molar-refractivity contribution is 5.84. The summed E-state index contributed by atoms with van der Waals surface area (Å²) in [6.45, 7) is 7.90. The number of benzene rings is 1. The summed E-state index contributed by atoms with van der Waals surface area (Å²) in [5.74, 6) is 0.0950. The first kappa shape index (κ1) is 12.1. The van der Waals surface area contributed by atoms with Gasteiger partial charge in [0.25, 0.3) is 0 Å². The van der Waals surface area contributed by atoms with E-state index >= 15 is 0 Å². The Balaban J connectivity index is 2.41. The van der Waals surface area contributed by atoms with Gasteiger partial charge in [-0.15, -0.1) is 0 Å². The van der Waals surface area contributed by atoms with E-state index in [4.69, 9.17) is 0 Å². The summed E-state index contributed by atoms with van der Waals surface area (Å²) in [4.78, 5) is 12.0. The maximum Gasteiger partial charge on any atom is 0.241 e. The molecule has 0 radical (unpaired) electrons. The quantitative estimate of drug-likeness (QED) is 0.774. The molecule has 0 spiro atoms. The third kappa shape index (κ3) is 2.50. The van der Waals surface area contributed by atoms with Gasteiger partial charge in [0.05, 0.1) is 0 Å². The first-order valence-corrected chi connectivity index (χ1v) is 6.18. The van der Waals surface area contributed by atoms with Crippen LogP contribution in [0.4, 0.5) is 0 Å². The molecule has 1 fully saturated rings. The summed E-state index contributed by atoms with van der Waals surface area (Å²) in [6.07, 6.45) is 0.992. The highest BCUT2D eigenvalue weighted by atomic mass is 16.2. The number of carbonyl (C=O) groups is 1. The van der Waals surface area contributed by atoms with Crippen LogP contribution in [0.1, 0.15) is 34.7 Å². The Morgan fingerprint density at radius 2 is 1.76 bits per heavy atom. The van der Waals surface area contributed by atoms with E-state index in [-0.39, 0.29) is 11.9 Å². The molecule has 0 bridgehead atoms. The fourth-order valence-corrected chi connectivity index (χ4v) is 2.62. The van der Waals surface area contributed by atoms with Crippen molar-refractivity contribution in [3.05, 3.63) is 34.4 Å². The summed E-state index contributed by atoms with van der Waals surface area (Å²) in [5, 5.41) is 6.30. The van der Waals surface area contributed by atoms with Crippen LogP contribution in [0.25, 0.3) is 0 Å². The van der Waals surface area contributed by atoms with E-state index < -0.39 is 0 Å². The van der Waals surface area contributed by atoms with Crippen molar-refractivity contribution >= 4 is 5.91 Å². The number of nitrogens with one attached hydrogen (secondary N) is 2. The third-order valence-corrected chi connectivity index (χ3v) is 3.29. The minimum atomic E-state index is -0.196. The zero-order valence-corrected chi connectivity index (χ0v) is 10.8. The summed E-state index contributed by atoms with van der Waals surface area (Å²) in [7, 11) is 0. The molecular formula is C14H20N2O. The van der Waals surface area contributed by atoms with Gasteiger partial charge < -0.3 is 10.6 Å². The Labute approximate surface area is 103 Å². The van der Waals surface area contributed by atoms with Crippen LogP contribution in [-0.4, -0.2) is 19.0 Å². The molecule has 1 atom stereocenters. The van der Waals surface area contributed by atoms with Crippen LogP contribution in [0, 0.1) is 20.8 Å². The van der Waals surface area contributed by atoms with E-state index in [0.29, 0.717) is 0 Å². The van der Waals surface area contributed by atoms with Crippen molar-refractivity contribution in [1.29, 1.82) is 0 Å². The van der Waals surface area contributed by atoms with Gasteiger partial charge in [-0.2, -0.15) is 0 Å². The molecule has 1 aromatic rings. The van der Waals surface area contributed by atoms with Crippen molar-refractivity contribution in [1.82, 2.24) is 10.6 Å². The number of rotatable bonds is 1. The van der Waals surface area contributed by atoms with Gasteiger partial charge in [0.15, 0.2) is 0 Å². The van der Waals surface area contributed by atoms with Gasteiger partial charge in [-0.05, 0) is 50.4 Å². The molecule has 3 heteroatoms. The Bertz CT molecular complexity index is 417. The normalized spacial score (nSPS) is 20.9. The van der Waals surface area contributed by atoms with E-state index in [1.165, 1.54) is 16.7 Å². The molecular weight excluding hydrogens is 212 g/mol. The molecule has 1 heterocycles. The maximum atomic E-state index is 12.0. The molecule has 1 aliphatic rings. The smallest absolute Gasteiger partial charge is 0.241 e. The zero-order valence-electron chi connectivity index (χ0n) is 10.8. The van der Waals surface area contributed by atoms with Crippen molar-refractivity contribution in [2.45, 2.75) is 33.2 Å². The first-order chi connectivity index (χ1) is 8.09. The maximum absolute atomic E-state index is 12.0. The van der Waals surface area contributed by atoms with Crippen molar-refractivity contribution in [3.8, 4) is 0 Å². The van der Waals surface area contributed by atoms with E-state index in [0.717, 1.165) is 25.1 Å². The van der Waals surface area contributed by atoms with Crippen LogP contribution in [0.3, 0.4) is 0 Å². The molecule has 0 aromatic heterocycles. The van der Waals surface area contributed by atoms with Gasteiger partial charge in [-0.25, -0.2) is 0 Å². The van der Waals surface area contributed by atoms with Gasteiger partial charge in [0, 0.05) is 6.54 Å². The van der Waals surface area contributed by atoms with E-state index in [1.807, 2.05) is 0 Å². The average molecular weight is 232 g/mol. The van der Waals surface area contributed by atoms with Gasteiger partial charge in [0.1, 0.15) is 6.04 Å². The molecule has 2 rings (SSSR count). The van der Waals surface area contributed by atoms with Gasteiger partial charge in [-0.3, -0.25) is 4.79 Å². The molecule has 1 saturated heterocycles. The number of hydrogen-bond donors (Lipinski definition) is 2. The topological polar surface area (TPSA) is 41.1 Å². The summed E-state index contributed by atoms with van der Waals surface area (Å²) >= 11 is 0.